The molecular weight excluding hydrogens is 301 g/mol. The quantitative estimate of drug-likeness (QED) is 0.573. The predicted molar refractivity (Wildman–Crippen MR) is 75.1 cm³/mol. The van der Waals surface area contributed by atoms with E-state index in [4.69, 9.17) is 0 Å². The summed E-state index contributed by atoms with van der Waals surface area (Å²) in [4.78, 5) is 11.9. The summed E-state index contributed by atoms with van der Waals surface area (Å²) in [5, 5.41) is 0. The van der Waals surface area contributed by atoms with Crippen molar-refractivity contribution in [2.75, 3.05) is 0 Å². The van der Waals surface area contributed by atoms with Gasteiger partial charge in [0.15, 0.2) is 0 Å². The number of unbranched alkanes of at least 4 members (excludes halogenated alkanes) is 3. The molecular formula is C14H25NSn. The van der Waals surface area contributed by atoms with Gasteiger partial charge in [0.25, 0.3) is 0 Å². The van der Waals surface area contributed by atoms with E-state index >= 15 is 0 Å². The number of aromatic nitrogens is 1. The van der Waals surface area contributed by atoms with Crippen molar-refractivity contribution in [2.24, 2.45) is 0 Å². The van der Waals surface area contributed by atoms with Crippen LogP contribution in [-0.4, -0.2) is 23.4 Å². The molecule has 0 unspecified atom stereocenters. The van der Waals surface area contributed by atoms with Crippen molar-refractivity contribution in [3.05, 3.63) is 23.9 Å². The average Bonchev–Trinajstić information content (AvgIpc) is 2.24. The van der Waals surface area contributed by atoms with Gasteiger partial charge in [0.1, 0.15) is 0 Å². The molecule has 2 heteroatoms. The number of rotatable bonds is 6. The summed E-state index contributed by atoms with van der Waals surface area (Å²) in [6.45, 7) is 2.26. The van der Waals surface area contributed by atoms with Gasteiger partial charge in [0.2, 0.25) is 0 Å². The Hall–Kier alpha value is -0.0513. The standard InChI is InChI=1S/C11H16N.3CH3.Sn/c1-2-3-4-5-7-11-8-6-9-12-10-11;;;;/h6,8,10H,2-5,7H2,1H3;3*1H3;. The first-order valence-electron chi connectivity index (χ1n) is 6.49. The second-order valence-electron chi connectivity index (χ2n) is 5.61. The van der Waals surface area contributed by atoms with Crippen LogP contribution in [-0.2, 0) is 6.42 Å². The second kappa shape index (κ2) is 6.63. The molecule has 0 spiro atoms. The van der Waals surface area contributed by atoms with Crippen molar-refractivity contribution >= 4 is 22.1 Å². The zero-order valence-electron chi connectivity index (χ0n) is 11.2. The molecule has 0 amide bonds. The van der Waals surface area contributed by atoms with Crippen LogP contribution in [0.15, 0.2) is 18.3 Å². The van der Waals surface area contributed by atoms with Crippen LogP contribution in [0.4, 0.5) is 0 Å². The normalized spacial score (nSPS) is 11.8. The number of aryl methyl sites for hydroxylation is 1. The molecule has 0 aromatic carbocycles. The molecule has 1 aromatic heterocycles. The van der Waals surface area contributed by atoms with Crippen LogP contribution in [0.25, 0.3) is 0 Å². The van der Waals surface area contributed by atoms with Crippen LogP contribution in [0.1, 0.15) is 38.2 Å². The van der Waals surface area contributed by atoms with Gasteiger partial charge in [-0.3, -0.25) is 0 Å². The number of nitrogens with zero attached hydrogens (tertiary/aromatic N) is 1. The molecule has 0 aliphatic rings. The van der Waals surface area contributed by atoms with E-state index in [-0.39, 0.29) is 0 Å². The van der Waals surface area contributed by atoms with Gasteiger partial charge in [-0.2, -0.15) is 0 Å². The summed E-state index contributed by atoms with van der Waals surface area (Å²) >= 11 is -1.92. The van der Waals surface area contributed by atoms with Gasteiger partial charge in [-0.25, -0.2) is 0 Å². The van der Waals surface area contributed by atoms with Crippen LogP contribution < -0.4 is 3.71 Å². The minimum absolute atomic E-state index is 1.20. The number of hydrogen-bond acceptors (Lipinski definition) is 1. The molecule has 0 bridgehead atoms. The molecule has 0 saturated carbocycles. The zero-order chi connectivity index (χ0) is 12.0. The Labute approximate surface area is 105 Å². The fourth-order valence-corrected chi connectivity index (χ4v) is 4.73. The summed E-state index contributed by atoms with van der Waals surface area (Å²) in [7, 11) is 0. The average molecular weight is 326 g/mol. The van der Waals surface area contributed by atoms with E-state index in [0.29, 0.717) is 0 Å². The van der Waals surface area contributed by atoms with E-state index in [9.17, 15) is 0 Å². The van der Waals surface area contributed by atoms with E-state index in [1.807, 2.05) is 0 Å². The molecule has 1 nitrogen and oxygen atoms in total. The maximum atomic E-state index is 4.64. The number of hydrogen-bond donors (Lipinski definition) is 0. The first-order chi connectivity index (χ1) is 7.54. The van der Waals surface area contributed by atoms with Gasteiger partial charge in [-0.15, -0.1) is 0 Å². The zero-order valence-corrected chi connectivity index (χ0v) is 14.1. The van der Waals surface area contributed by atoms with Crippen LogP contribution in [0, 0.1) is 0 Å². The Morgan fingerprint density at radius 1 is 1.06 bits per heavy atom. The van der Waals surface area contributed by atoms with Crippen molar-refractivity contribution in [3.63, 3.8) is 0 Å². The molecule has 0 radical (unpaired) electrons. The molecule has 1 rings (SSSR count). The first-order valence-corrected chi connectivity index (χ1v) is 16.5. The Kier molecular flexibility index (Phi) is 5.80. The van der Waals surface area contributed by atoms with Crippen molar-refractivity contribution in [3.8, 4) is 0 Å². The summed E-state index contributed by atoms with van der Waals surface area (Å²) in [5.41, 5.74) is 1.41. The second-order valence-corrected chi connectivity index (χ2v) is 19.9. The van der Waals surface area contributed by atoms with Gasteiger partial charge in [-0.1, -0.05) is 0 Å². The third-order valence-corrected chi connectivity index (χ3v) is 8.14. The van der Waals surface area contributed by atoms with Crippen LogP contribution >= 0.6 is 0 Å². The van der Waals surface area contributed by atoms with Gasteiger partial charge in [0, 0.05) is 0 Å². The molecule has 0 saturated heterocycles. The topological polar surface area (TPSA) is 12.9 Å². The fraction of sp³-hybridized carbons (Fsp3) is 0.643. The van der Waals surface area contributed by atoms with E-state index in [2.05, 4.69) is 45.1 Å². The molecule has 0 fully saturated rings. The Morgan fingerprint density at radius 2 is 1.81 bits per heavy atom. The predicted octanol–water partition coefficient (Wildman–Crippen LogP) is 3.75. The van der Waals surface area contributed by atoms with E-state index in [1.54, 1.807) is 0 Å². The van der Waals surface area contributed by atoms with Crippen molar-refractivity contribution in [1.29, 1.82) is 0 Å². The van der Waals surface area contributed by atoms with E-state index in [0.717, 1.165) is 0 Å². The monoisotopic (exact) mass is 327 g/mol. The van der Waals surface area contributed by atoms with Crippen molar-refractivity contribution in [2.45, 2.75) is 53.8 Å². The van der Waals surface area contributed by atoms with Crippen molar-refractivity contribution in [1.82, 2.24) is 4.98 Å². The summed E-state index contributed by atoms with van der Waals surface area (Å²) in [6.07, 6.45) is 8.65. The summed E-state index contributed by atoms with van der Waals surface area (Å²) in [5.74, 6) is 0. The Balaban J connectivity index is 2.46. The SMILES string of the molecule is CCCCCCc1cc[c]([Sn]([CH3])([CH3])[CH3])nc1. The Bertz CT molecular complexity index is 298. The molecule has 1 aromatic rings. The number of pyridine rings is 1. The van der Waals surface area contributed by atoms with Crippen molar-refractivity contribution < 1.29 is 0 Å². The summed E-state index contributed by atoms with van der Waals surface area (Å²) < 4.78 is 1.40. The maximum absolute atomic E-state index is 4.64. The first kappa shape index (κ1) is 14.0. The minimum atomic E-state index is -1.92. The van der Waals surface area contributed by atoms with Gasteiger partial charge in [-0.05, 0) is 0 Å². The van der Waals surface area contributed by atoms with Crippen LogP contribution in [0.5, 0.6) is 0 Å². The molecule has 0 aliphatic carbocycles. The third kappa shape index (κ3) is 4.85. The Morgan fingerprint density at radius 3 is 2.31 bits per heavy atom. The summed E-state index contributed by atoms with van der Waals surface area (Å²) in [6, 6.07) is 4.56. The van der Waals surface area contributed by atoms with Gasteiger partial charge < -0.3 is 0 Å². The van der Waals surface area contributed by atoms with Gasteiger partial charge >= 0.3 is 105 Å². The van der Waals surface area contributed by atoms with E-state index < -0.39 is 18.4 Å². The van der Waals surface area contributed by atoms with Crippen LogP contribution in [0.2, 0.25) is 14.8 Å². The van der Waals surface area contributed by atoms with Crippen LogP contribution in [0.3, 0.4) is 0 Å². The molecule has 1 heterocycles. The van der Waals surface area contributed by atoms with Gasteiger partial charge in [0.05, 0.1) is 0 Å². The molecule has 0 aliphatic heterocycles. The third-order valence-electron chi connectivity index (χ3n) is 2.91. The molecule has 0 atom stereocenters. The fourth-order valence-electron chi connectivity index (χ4n) is 1.77. The van der Waals surface area contributed by atoms with E-state index in [1.165, 1.54) is 41.4 Å². The molecule has 0 N–H and O–H groups in total. The molecule has 16 heavy (non-hydrogen) atoms. The molecule has 90 valence electrons.